The van der Waals surface area contributed by atoms with Crippen molar-refractivity contribution in [3.63, 3.8) is 0 Å². The summed E-state index contributed by atoms with van der Waals surface area (Å²) in [6.45, 7) is 9.04. The summed E-state index contributed by atoms with van der Waals surface area (Å²) in [6.07, 6.45) is 5.50. The van der Waals surface area contributed by atoms with E-state index in [0.29, 0.717) is 18.1 Å². The molecular formula is C28H37N5O3. The van der Waals surface area contributed by atoms with Crippen LogP contribution in [0.5, 0.6) is 5.75 Å². The number of ether oxygens (including phenoxy) is 1. The highest BCUT2D eigenvalue weighted by Gasteiger charge is 2.14. The van der Waals surface area contributed by atoms with Gasteiger partial charge in [-0.2, -0.15) is 0 Å². The van der Waals surface area contributed by atoms with Crippen LogP contribution >= 0.6 is 0 Å². The van der Waals surface area contributed by atoms with Crippen LogP contribution in [0, 0.1) is 0 Å². The number of hydrogen-bond acceptors (Lipinski definition) is 6. The quantitative estimate of drug-likeness (QED) is 0.392. The van der Waals surface area contributed by atoms with Crippen LogP contribution in [0.4, 0.5) is 5.82 Å². The Balaban J connectivity index is 2.41. The van der Waals surface area contributed by atoms with Gasteiger partial charge in [0, 0.05) is 44.2 Å². The van der Waals surface area contributed by atoms with Crippen LogP contribution in [-0.2, 0) is 9.59 Å². The van der Waals surface area contributed by atoms with E-state index in [-0.39, 0.29) is 24.8 Å². The molecule has 2 amide bonds. The largest absolute Gasteiger partial charge is 0.496 e. The number of amides is 2. The smallest absolute Gasteiger partial charge is 0.238 e. The molecule has 0 spiro atoms. The molecular weight excluding hydrogens is 454 g/mol. The SMILES string of the molecule is C=C(c1ccccc1OC)c1cc(/C(C)=C/C=C(\CC(=O)N(C)C)NC(=O)CNCC)cnc1NC. The standard InChI is InChI=1S/C28H37N5O3/c1-8-30-18-26(34)32-22(16-27(35)33(5)6)14-13-19(2)21-15-24(28(29-4)31-17-21)20(3)23-11-9-10-12-25(23)36-7/h9-15,17,30H,3,8,16,18H2,1-2,4-7H3,(H,29,31)(H,32,34)/b19-13+,22-14+. The van der Waals surface area contributed by atoms with E-state index < -0.39 is 0 Å². The number of rotatable bonds is 12. The third-order valence-electron chi connectivity index (χ3n) is 5.55. The first kappa shape index (κ1) is 28.3. The number of nitrogens with zero attached hydrogens (tertiary/aromatic N) is 2. The van der Waals surface area contributed by atoms with Crippen LogP contribution in [0.2, 0.25) is 0 Å². The van der Waals surface area contributed by atoms with Gasteiger partial charge in [-0.3, -0.25) is 9.59 Å². The minimum atomic E-state index is -0.198. The number of benzene rings is 1. The van der Waals surface area contributed by atoms with Gasteiger partial charge in [0.25, 0.3) is 0 Å². The Bertz CT molecular complexity index is 1150. The summed E-state index contributed by atoms with van der Waals surface area (Å²) in [5.74, 6) is 1.13. The molecule has 0 unspecified atom stereocenters. The molecule has 0 saturated heterocycles. The normalized spacial score (nSPS) is 11.6. The third kappa shape index (κ3) is 7.81. The van der Waals surface area contributed by atoms with Crippen molar-refractivity contribution < 1.29 is 14.3 Å². The Kier molecular flexibility index (Phi) is 10.9. The predicted molar refractivity (Wildman–Crippen MR) is 147 cm³/mol. The maximum atomic E-state index is 12.3. The maximum Gasteiger partial charge on any atom is 0.238 e. The second-order valence-electron chi connectivity index (χ2n) is 8.38. The molecule has 0 aliphatic heterocycles. The molecule has 1 aromatic carbocycles. The molecule has 2 rings (SSSR count). The zero-order valence-electron chi connectivity index (χ0n) is 22.1. The van der Waals surface area contributed by atoms with E-state index in [2.05, 4.69) is 27.5 Å². The van der Waals surface area contributed by atoms with E-state index in [9.17, 15) is 9.59 Å². The lowest BCUT2D eigenvalue weighted by atomic mass is 9.96. The molecule has 1 heterocycles. The average molecular weight is 492 g/mol. The predicted octanol–water partition coefficient (Wildman–Crippen LogP) is 3.68. The summed E-state index contributed by atoms with van der Waals surface area (Å²) in [4.78, 5) is 30.6. The maximum absolute atomic E-state index is 12.3. The first-order chi connectivity index (χ1) is 17.2. The number of pyridine rings is 1. The van der Waals surface area contributed by atoms with Crippen LogP contribution < -0.4 is 20.7 Å². The van der Waals surface area contributed by atoms with Crippen molar-refractivity contribution in [3.05, 3.63) is 77.6 Å². The summed E-state index contributed by atoms with van der Waals surface area (Å²) in [7, 11) is 6.82. The molecule has 0 aliphatic carbocycles. The zero-order chi connectivity index (χ0) is 26.7. The van der Waals surface area contributed by atoms with E-state index in [1.165, 1.54) is 4.90 Å². The Hall–Kier alpha value is -3.91. The highest BCUT2D eigenvalue weighted by molar-refractivity contribution is 5.87. The average Bonchev–Trinajstić information content (AvgIpc) is 2.89. The van der Waals surface area contributed by atoms with E-state index in [0.717, 1.165) is 33.6 Å². The lowest BCUT2D eigenvalue weighted by Crippen LogP contribution is -2.35. The fourth-order valence-electron chi connectivity index (χ4n) is 3.40. The summed E-state index contributed by atoms with van der Waals surface area (Å²) in [5.41, 5.74) is 4.82. The lowest BCUT2D eigenvalue weighted by Gasteiger charge is -2.16. The van der Waals surface area contributed by atoms with Crippen LogP contribution in [0.3, 0.4) is 0 Å². The molecule has 36 heavy (non-hydrogen) atoms. The van der Waals surface area contributed by atoms with Gasteiger partial charge in [-0.1, -0.05) is 37.8 Å². The molecule has 0 fully saturated rings. The molecule has 0 saturated carbocycles. The van der Waals surface area contributed by atoms with Crippen molar-refractivity contribution in [1.29, 1.82) is 0 Å². The van der Waals surface area contributed by atoms with Gasteiger partial charge in [0.05, 0.1) is 20.1 Å². The van der Waals surface area contributed by atoms with Crippen molar-refractivity contribution in [2.45, 2.75) is 20.3 Å². The monoisotopic (exact) mass is 491 g/mol. The minimum Gasteiger partial charge on any atom is -0.496 e. The van der Waals surface area contributed by atoms with E-state index in [1.807, 2.05) is 57.3 Å². The molecule has 0 aliphatic rings. The van der Waals surface area contributed by atoms with Gasteiger partial charge < -0.3 is 25.6 Å². The van der Waals surface area contributed by atoms with Crippen LogP contribution in [0.25, 0.3) is 11.1 Å². The number of methoxy groups -OCH3 is 1. The molecule has 8 heteroatoms. The van der Waals surface area contributed by atoms with Crippen LogP contribution in [-0.4, -0.2) is 63.0 Å². The van der Waals surface area contributed by atoms with Crippen molar-refractivity contribution in [2.24, 2.45) is 0 Å². The number of carbonyl (C=O) groups is 2. The molecule has 3 N–H and O–H groups in total. The number of hydrogen-bond donors (Lipinski definition) is 3. The number of nitrogens with one attached hydrogen (secondary N) is 3. The number of allylic oxidation sites excluding steroid dienone is 3. The number of para-hydroxylation sites is 1. The van der Waals surface area contributed by atoms with Crippen molar-refractivity contribution in [3.8, 4) is 5.75 Å². The fraction of sp³-hybridized carbons (Fsp3) is 0.321. The van der Waals surface area contributed by atoms with Crippen molar-refractivity contribution in [1.82, 2.24) is 20.5 Å². The van der Waals surface area contributed by atoms with E-state index in [1.54, 1.807) is 33.5 Å². The molecule has 0 radical (unpaired) electrons. The number of carbonyl (C=O) groups excluding carboxylic acids is 2. The summed E-state index contributed by atoms with van der Waals surface area (Å²) >= 11 is 0. The van der Waals surface area contributed by atoms with Gasteiger partial charge in [0.1, 0.15) is 11.6 Å². The van der Waals surface area contributed by atoms with Crippen molar-refractivity contribution >= 4 is 28.8 Å². The van der Waals surface area contributed by atoms with E-state index in [4.69, 9.17) is 4.74 Å². The van der Waals surface area contributed by atoms with Gasteiger partial charge in [0.15, 0.2) is 0 Å². The van der Waals surface area contributed by atoms with Crippen LogP contribution in [0.15, 0.2) is 61.0 Å². The fourth-order valence-corrected chi connectivity index (χ4v) is 3.40. The molecule has 1 aromatic heterocycles. The molecule has 192 valence electrons. The Morgan fingerprint density at radius 3 is 2.53 bits per heavy atom. The van der Waals surface area contributed by atoms with Gasteiger partial charge in [-0.25, -0.2) is 4.98 Å². The second-order valence-corrected chi connectivity index (χ2v) is 8.38. The summed E-state index contributed by atoms with van der Waals surface area (Å²) in [6, 6.07) is 9.73. The van der Waals surface area contributed by atoms with Crippen molar-refractivity contribution in [2.75, 3.05) is 46.7 Å². The lowest BCUT2D eigenvalue weighted by molar-refractivity contribution is -0.128. The summed E-state index contributed by atoms with van der Waals surface area (Å²) < 4.78 is 5.52. The summed E-state index contributed by atoms with van der Waals surface area (Å²) in [5, 5.41) is 8.96. The molecule has 0 atom stereocenters. The minimum absolute atomic E-state index is 0.0848. The zero-order valence-corrected chi connectivity index (χ0v) is 22.1. The van der Waals surface area contributed by atoms with Gasteiger partial charge in [-0.05, 0) is 48.4 Å². The highest BCUT2D eigenvalue weighted by Crippen LogP contribution is 2.33. The number of likely N-dealkylation sites (N-methyl/N-ethyl adjacent to an activating group) is 1. The topological polar surface area (TPSA) is 95.6 Å². The van der Waals surface area contributed by atoms with Crippen LogP contribution in [0.1, 0.15) is 37.0 Å². The third-order valence-corrected chi connectivity index (χ3v) is 5.55. The Labute approximate surface area is 214 Å². The Morgan fingerprint density at radius 2 is 1.89 bits per heavy atom. The molecule has 0 bridgehead atoms. The number of aromatic nitrogens is 1. The Morgan fingerprint density at radius 1 is 1.17 bits per heavy atom. The van der Waals surface area contributed by atoms with E-state index >= 15 is 0 Å². The van der Waals surface area contributed by atoms with Gasteiger partial charge >= 0.3 is 0 Å². The first-order valence-corrected chi connectivity index (χ1v) is 11.8. The highest BCUT2D eigenvalue weighted by atomic mass is 16.5. The van der Waals surface area contributed by atoms with Gasteiger partial charge in [0.2, 0.25) is 11.8 Å². The second kappa shape index (κ2) is 13.8. The van der Waals surface area contributed by atoms with Gasteiger partial charge in [-0.15, -0.1) is 0 Å². The first-order valence-electron chi connectivity index (χ1n) is 11.8. The molecule has 2 aromatic rings. The number of anilines is 1. The molecule has 8 nitrogen and oxygen atoms in total.